The molecule has 214 valence electrons. The molecule has 4 unspecified atom stereocenters. The van der Waals surface area contributed by atoms with Gasteiger partial charge in [0.05, 0.1) is 0 Å². The molecule has 4 nitrogen and oxygen atoms in total. The predicted molar refractivity (Wildman–Crippen MR) is 165 cm³/mol. The Morgan fingerprint density at radius 1 is 1.08 bits per heavy atom. The Bertz CT molecular complexity index is 969. The van der Waals surface area contributed by atoms with Gasteiger partial charge < -0.3 is 16.0 Å². The SMILES string of the molecule is C=C1CN(CC2CC3c4ccccc4NC3CN2)C(C)(C)CC(C)(C)C(CNCC(C)(C)C)CC(C)(C)C1. The third-order valence-electron chi connectivity index (χ3n) is 9.63. The minimum absolute atomic E-state index is 0.0978. The summed E-state index contributed by atoms with van der Waals surface area (Å²) in [6.07, 6.45) is 4.73. The third kappa shape index (κ3) is 7.23. The van der Waals surface area contributed by atoms with Gasteiger partial charge in [0.25, 0.3) is 0 Å². The summed E-state index contributed by atoms with van der Waals surface area (Å²) in [5.41, 5.74) is 5.15. The van der Waals surface area contributed by atoms with Crippen LogP contribution in [0.5, 0.6) is 0 Å². The van der Waals surface area contributed by atoms with Crippen LogP contribution >= 0.6 is 0 Å². The fourth-order valence-corrected chi connectivity index (χ4v) is 7.93. The number of para-hydroxylation sites is 1. The van der Waals surface area contributed by atoms with Gasteiger partial charge in [-0.25, -0.2) is 0 Å². The lowest BCUT2D eigenvalue weighted by molar-refractivity contribution is 0.0213. The van der Waals surface area contributed by atoms with Gasteiger partial charge in [-0.3, -0.25) is 4.90 Å². The van der Waals surface area contributed by atoms with E-state index in [1.807, 2.05) is 0 Å². The van der Waals surface area contributed by atoms with Crippen LogP contribution in [-0.4, -0.2) is 55.2 Å². The maximum Gasteiger partial charge on any atom is 0.0456 e. The number of fused-ring (bicyclic) bond motifs is 3. The second-order valence-electron chi connectivity index (χ2n) is 16.3. The first-order valence-corrected chi connectivity index (χ1v) is 15.3. The molecule has 38 heavy (non-hydrogen) atoms. The van der Waals surface area contributed by atoms with E-state index in [4.69, 9.17) is 0 Å². The van der Waals surface area contributed by atoms with Gasteiger partial charge in [0.15, 0.2) is 0 Å². The molecule has 0 aromatic heterocycles. The van der Waals surface area contributed by atoms with E-state index in [1.54, 1.807) is 0 Å². The van der Waals surface area contributed by atoms with E-state index in [9.17, 15) is 0 Å². The van der Waals surface area contributed by atoms with Crippen molar-refractivity contribution in [1.29, 1.82) is 0 Å². The highest BCUT2D eigenvalue weighted by atomic mass is 15.2. The fourth-order valence-electron chi connectivity index (χ4n) is 7.93. The second-order valence-corrected chi connectivity index (χ2v) is 16.3. The maximum atomic E-state index is 4.64. The second kappa shape index (κ2) is 10.9. The van der Waals surface area contributed by atoms with Crippen molar-refractivity contribution in [1.82, 2.24) is 15.5 Å². The zero-order valence-corrected chi connectivity index (χ0v) is 26.1. The molecule has 1 aromatic rings. The van der Waals surface area contributed by atoms with Crippen LogP contribution in [0.2, 0.25) is 0 Å². The zero-order valence-electron chi connectivity index (χ0n) is 26.1. The molecule has 3 aliphatic rings. The Morgan fingerprint density at radius 2 is 1.79 bits per heavy atom. The van der Waals surface area contributed by atoms with E-state index in [1.165, 1.54) is 36.1 Å². The Morgan fingerprint density at radius 3 is 2.50 bits per heavy atom. The molecule has 0 bridgehead atoms. The van der Waals surface area contributed by atoms with E-state index in [0.29, 0.717) is 29.3 Å². The molecular weight excluding hydrogens is 464 g/mol. The minimum atomic E-state index is 0.0978. The van der Waals surface area contributed by atoms with Gasteiger partial charge in [0.1, 0.15) is 0 Å². The lowest BCUT2D eigenvalue weighted by atomic mass is 9.64. The Balaban J connectivity index is 1.52. The Hall–Kier alpha value is -1.36. The molecule has 4 rings (SSSR count). The van der Waals surface area contributed by atoms with Gasteiger partial charge in [-0.2, -0.15) is 0 Å². The maximum absolute atomic E-state index is 4.64. The van der Waals surface area contributed by atoms with Gasteiger partial charge in [-0.15, -0.1) is 0 Å². The molecule has 0 amide bonds. The summed E-state index contributed by atoms with van der Waals surface area (Å²) in [4.78, 5) is 2.78. The van der Waals surface area contributed by atoms with Crippen molar-refractivity contribution in [3.8, 4) is 0 Å². The molecule has 0 radical (unpaired) electrons. The molecule has 3 heterocycles. The summed E-state index contributed by atoms with van der Waals surface area (Å²) < 4.78 is 0. The average Bonchev–Trinajstić information content (AvgIpc) is 3.13. The molecular formula is C34H58N4. The number of piperidine rings is 1. The van der Waals surface area contributed by atoms with Gasteiger partial charge in [-0.1, -0.05) is 78.8 Å². The van der Waals surface area contributed by atoms with Crippen molar-refractivity contribution in [3.05, 3.63) is 42.0 Å². The van der Waals surface area contributed by atoms with E-state index in [-0.39, 0.29) is 16.4 Å². The van der Waals surface area contributed by atoms with Crippen molar-refractivity contribution < 1.29 is 0 Å². The highest BCUT2D eigenvalue weighted by Gasteiger charge is 2.43. The van der Waals surface area contributed by atoms with E-state index in [2.05, 4.69) is 114 Å². The molecule has 4 heteroatoms. The summed E-state index contributed by atoms with van der Waals surface area (Å²) in [6, 6.07) is 9.96. The monoisotopic (exact) mass is 522 g/mol. The van der Waals surface area contributed by atoms with Crippen LogP contribution in [0.25, 0.3) is 0 Å². The first-order valence-electron chi connectivity index (χ1n) is 15.3. The standard InChI is InChI=1S/C34H58N4/c1-24-16-32(5,6)17-25(18-35-23-31(2,3)4)33(7,8)22-34(9,10)38(20-24)21-26-15-28-27-13-11-12-14-29(27)37-30(28)19-36-26/h11-14,25-26,28,30,35-37H,1,15-23H2,2-10H3. The zero-order chi connectivity index (χ0) is 27.9. The van der Waals surface area contributed by atoms with Crippen LogP contribution in [-0.2, 0) is 0 Å². The summed E-state index contributed by atoms with van der Waals surface area (Å²) >= 11 is 0. The Labute approximate surface area is 234 Å². The molecule has 3 aliphatic heterocycles. The van der Waals surface area contributed by atoms with Crippen LogP contribution in [0.4, 0.5) is 5.69 Å². The van der Waals surface area contributed by atoms with Gasteiger partial charge in [0.2, 0.25) is 0 Å². The minimum Gasteiger partial charge on any atom is -0.380 e. The van der Waals surface area contributed by atoms with E-state index in [0.717, 1.165) is 39.1 Å². The molecule has 2 fully saturated rings. The first-order chi connectivity index (χ1) is 17.5. The van der Waals surface area contributed by atoms with Crippen LogP contribution in [0.1, 0.15) is 99.5 Å². The van der Waals surface area contributed by atoms with Crippen molar-refractivity contribution in [2.24, 2.45) is 22.2 Å². The van der Waals surface area contributed by atoms with Gasteiger partial charge in [-0.05, 0) is 86.4 Å². The van der Waals surface area contributed by atoms with Crippen molar-refractivity contribution >= 4 is 5.69 Å². The number of rotatable bonds is 5. The lowest BCUT2D eigenvalue weighted by Gasteiger charge is -2.50. The molecule has 3 N–H and O–H groups in total. The molecule has 0 aliphatic carbocycles. The van der Waals surface area contributed by atoms with Gasteiger partial charge >= 0.3 is 0 Å². The summed E-state index contributed by atoms with van der Waals surface area (Å²) in [6.45, 7) is 31.9. The number of nitrogens with one attached hydrogen (secondary N) is 3. The lowest BCUT2D eigenvalue weighted by Crippen LogP contribution is -2.57. The van der Waals surface area contributed by atoms with Crippen LogP contribution in [0, 0.1) is 22.2 Å². The molecule has 1 aromatic carbocycles. The molecule has 0 spiro atoms. The normalized spacial score (nSPS) is 31.2. The van der Waals surface area contributed by atoms with Crippen molar-refractivity contribution in [2.45, 2.75) is 112 Å². The summed E-state index contributed by atoms with van der Waals surface area (Å²) in [5.74, 6) is 1.24. The molecule has 4 atom stereocenters. The average molecular weight is 523 g/mol. The largest absolute Gasteiger partial charge is 0.380 e. The topological polar surface area (TPSA) is 39.3 Å². The number of anilines is 1. The van der Waals surface area contributed by atoms with Crippen molar-refractivity contribution in [2.75, 3.05) is 38.0 Å². The molecule has 0 saturated carbocycles. The summed E-state index contributed by atoms with van der Waals surface area (Å²) in [7, 11) is 0. The number of hydrogen-bond acceptors (Lipinski definition) is 4. The highest BCUT2D eigenvalue weighted by Crippen LogP contribution is 2.46. The van der Waals surface area contributed by atoms with Crippen LogP contribution < -0.4 is 16.0 Å². The number of nitrogens with zero attached hydrogens (tertiary/aromatic N) is 1. The smallest absolute Gasteiger partial charge is 0.0456 e. The Kier molecular flexibility index (Phi) is 8.50. The molecule has 2 saturated heterocycles. The number of hydrogen-bond donors (Lipinski definition) is 3. The van der Waals surface area contributed by atoms with Crippen LogP contribution in [0.3, 0.4) is 0 Å². The fraction of sp³-hybridized carbons (Fsp3) is 0.765. The quantitative estimate of drug-likeness (QED) is 0.362. The van der Waals surface area contributed by atoms with E-state index < -0.39 is 0 Å². The number of benzene rings is 1. The first kappa shape index (κ1) is 29.6. The third-order valence-corrected chi connectivity index (χ3v) is 9.63. The predicted octanol–water partition coefficient (Wildman–Crippen LogP) is 7.05. The van der Waals surface area contributed by atoms with Crippen LogP contribution in [0.15, 0.2) is 36.4 Å². The summed E-state index contributed by atoms with van der Waals surface area (Å²) in [5, 5.41) is 11.6. The van der Waals surface area contributed by atoms with Crippen molar-refractivity contribution in [3.63, 3.8) is 0 Å². The van der Waals surface area contributed by atoms with Gasteiger partial charge in [0, 0.05) is 48.9 Å². The highest BCUT2D eigenvalue weighted by molar-refractivity contribution is 5.59. The van der Waals surface area contributed by atoms with E-state index >= 15 is 0 Å².